The number of anilines is 2. The molecule has 0 aliphatic carbocycles. The molecule has 2 saturated heterocycles. The second-order valence-electron chi connectivity index (χ2n) is 7.35. The summed E-state index contributed by atoms with van der Waals surface area (Å²) in [5.74, 6) is -1.28. The summed E-state index contributed by atoms with van der Waals surface area (Å²) in [5, 5.41) is 11.2. The molecule has 2 aromatic carbocycles. The maximum absolute atomic E-state index is 12.9. The lowest BCUT2D eigenvalue weighted by atomic mass is 10.1. The van der Waals surface area contributed by atoms with E-state index in [1.165, 1.54) is 14.2 Å². The molecule has 2 atom stereocenters. The largest absolute Gasteiger partial charge is 0.497 e. The Hall–Kier alpha value is -3.76. The minimum Gasteiger partial charge on any atom is -0.497 e. The zero-order chi connectivity index (χ0) is 23.0. The van der Waals surface area contributed by atoms with E-state index in [0.717, 1.165) is 9.80 Å². The molecule has 0 bridgehead atoms. The standard InChI is InChI=1S/C22H21N3O7/c1-31-15-7-3-13(4-8-15)23-19(26)11-17(21(23)28)25(30)18-12-20(27)24(22(18)29)14-5-9-16(32-2)10-6-14/h3-10,17-18,30H,11-12H2,1-2H3. The molecule has 0 saturated carbocycles. The van der Waals surface area contributed by atoms with Crippen molar-refractivity contribution in [1.29, 1.82) is 0 Å². The molecule has 2 fully saturated rings. The second-order valence-corrected chi connectivity index (χ2v) is 7.35. The van der Waals surface area contributed by atoms with Crippen LogP contribution in [-0.4, -0.2) is 60.2 Å². The van der Waals surface area contributed by atoms with Gasteiger partial charge in [-0.25, -0.2) is 9.80 Å². The minimum absolute atomic E-state index is 0.318. The van der Waals surface area contributed by atoms with Crippen LogP contribution >= 0.6 is 0 Å². The van der Waals surface area contributed by atoms with Crippen molar-refractivity contribution < 1.29 is 33.9 Å². The first-order valence-electron chi connectivity index (χ1n) is 9.84. The average molecular weight is 439 g/mol. The number of nitrogens with zero attached hydrogens (tertiary/aromatic N) is 3. The van der Waals surface area contributed by atoms with Gasteiger partial charge in [-0.15, -0.1) is 0 Å². The van der Waals surface area contributed by atoms with Crippen LogP contribution in [0.2, 0.25) is 0 Å². The van der Waals surface area contributed by atoms with Gasteiger partial charge >= 0.3 is 0 Å². The molecule has 2 unspecified atom stereocenters. The molecule has 1 N–H and O–H groups in total. The van der Waals surface area contributed by atoms with Crippen LogP contribution in [0.5, 0.6) is 11.5 Å². The van der Waals surface area contributed by atoms with Crippen LogP contribution in [0.15, 0.2) is 48.5 Å². The summed E-state index contributed by atoms with van der Waals surface area (Å²) in [4.78, 5) is 52.8. The third kappa shape index (κ3) is 3.59. The summed E-state index contributed by atoms with van der Waals surface area (Å²) in [6, 6.07) is 10.1. The predicted octanol–water partition coefficient (Wildman–Crippen LogP) is 1.36. The summed E-state index contributed by atoms with van der Waals surface area (Å²) >= 11 is 0. The number of carbonyl (C=O) groups is 4. The molecule has 2 aromatic rings. The highest BCUT2D eigenvalue weighted by molar-refractivity contribution is 6.24. The predicted molar refractivity (Wildman–Crippen MR) is 111 cm³/mol. The molecule has 32 heavy (non-hydrogen) atoms. The van der Waals surface area contributed by atoms with E-state index in [1.807, 2.05) is 0 Å². The fourth-order valence-corrected chi connectivity index (χ4v) is 3.87. The Morgan fingerprint density at radius 3 is 1.38 bits per heavy atom. The van der Waals surface area contributed by atoms with E-state index in [9.17, 15) is 24.4 Å². The maximum atomic E-state index is 12.9. The first kappa shape index (κ1) is 21.5. The van der Waals surface area contributed by atoms with Crippen molar-refractivity contribution in [1.82, 2.24) is 5.06 Å². The number of benzene rings is 2. The van der Waals surface area contributed by atoms with Gasteiger partial charge in [0, 0.05) is 0 Å². The Morgan fingerprint density at radius 1 is 0.719 bits per heavy atom. The zero-order valence-corrected chi connectivity index (χ0v) is 17.4. The molecule has 2 aliphatic rings. The number of rotatable bonds is 6. The van der Waals surface area contributed by atoms with Crippen molar-refractivity contribution in [3.63, 3.8) is 0 Å². The normalized spacial score (nSPS) is 21.1. The number of hydrogen-bond acceptors (Lipinski definition) is 8. The SMILES string of the molecule is COc1ccc(N2C(=O)CC(N(O)C3CC(=O)N(c4ccc(OC)cc4)C3=O)C2=O)cc1. The van der Waals surface area contributed by atoms with Crippen LogP contribution in [0, 0.1) is 0 Å². The number of methoxy groups -OCH3 is 2. The summed E-state index contributed by atoms with van der Waals surface area (Å²) in [5.41, 5.74) is 0.649. The highest BCUT2D eigenvalue weighted by Crippen LogP contribution is 2.31. The van der Waals surface area contributed by atoms with Crippen molar-refractivity contribution in [2.75, 3.05) is 24.0 Å². The third-order valence-corrected chi connectivity index (χ3v) is 5.55. The number of imide groups is 2. The molecule has 0 aromatic heterocycles. The van der Waals surface area contributed by atoms with E-state index in [1.54, 1.807) is 48.5 Å². The number of hydroxylamine groups is 2. The lowest BCUT2D eigenvalue weighted by Gasteiger charge is -2.25. The van der Waals surface area contributed by atoms with Gasteiger partial charge in [0.15, 0.2) is 0 Å². The zero-order valence-electron chi connectivity index (χ0n) is 17.4. The van der Waals surface area contributed by atoms with Crippen molar-refractivity contribution in [3.05, 3.63) is 48.5 Å². The topological polar surface area (TPSA) is 117 Å². The fraction of sp³-hybridized carbons (Fsp3) is 0.273. The summed E-state index contributed by atoms with van der Waals surface area (Å²) in [7, 11) is 2.99. The van der Waals surface area contributed by atoms with Gasteiger partial charge in [0.1, 0.15) is 23.6 Å². The van der Waals surface area contributed by atoms with Crippen molar-refractivity contribution >= 4 is 35.0 Å². The van der Waals surface area contributed by atoms with Gasteiger partial charge in [-0.2, -0.15) is 5.06 Å². The molecule has 0 spiro atoms. The molecular weight excluding hydrogens is 418 g/mol. The highest BCUT2D eigenvalue weighted by atomic mass is 16.5. The Kier molecular flexibility index (Phi) is 5.64. The Morgan fingerprint density at radius 2 is 1.06 bits per heavy atom. The van der Waals surface area contributed by atoms with E-state index in [2.05, 4.69) is 0 Å². The van der Waals surface area contributed by atoms with Crippen LogP contribution in [0.1, 0.15) is 12.8 Å². The highest BCUT2D eigenvalue weighted by Gasteiger charge is 2.50. The monoisotopic (exact) mass is 439 g/mol. The first-order valence-corrected chi connectivity index (χ1v) is 9.84. The number of carbonyl (C=O) groups excluding carboxylic acids is 4. The van der Waals surface area contributed by atoms with E-state index in [4.69, 9.17) is 9.47 Å². The molecule has 2 heterocycles. The lowest BCUT2D eigenvalue weighted by molar-refractivity contribution is -0.172. The van der Waals surface area contributed by atoms with Crippen LogP contribution in [-0.2, 0) is 19.2 Å². The molecule has 0 radical (unpaired) electrons. The Balaban J connectivity index is 1.53. The summed E-state index contributed by atoms with van der Waals surface area (Å²) in [6.07, 6.45) is -0.635. The number of amides is 4. The van der Waals surface area contributed by atoms with Gasteiger partial charge in [-0.3, -0.25) is 19.2 Å². The molecule has 2 aliphatic heterocycles. The molecule has 4 amide bonds. The van der Waals surface area contributed by atoms with Crippen molar-refractivity contribution in [2.45, 2.75) is 24.9 Å². The van der Waals surface area contributed by atoms with E-state index < -0.39 is 35.7 Å². The summed E-state index contributed by atoms with van der Waals surface area (Å²) in [6.45, 7) is 0. The second kappa shape index (κ2) is 8.40. The molecule has 10 heteroatoms. The van der Waals surface area contributed by atoms with Gasteiger partial charge in [0.2, 0.25) is 11.8 Å². The minimum atomic E-state index is -1.28. The Labute approximate surface area is 183 Å². The maximum Gasteiger partial charge on any atom is 0.254 e. The van der Waals surface area contributed by atoms with Gasteiger partial charge in [-0.1, -0.05) is 0 Å². The molecular formula is C22H21N3O7. The van der Waals surface area contributed by atoms with Gasteiger partial charge in [0.25, 0.3) is 11.8 Å². The van der Waals surface area contributed by atoms with Gasteiger partial charge in [-0.05, 0) is 48.5 Å². The fourth-order valence-electron chi connectivity index (χ4n) is 3.87. The molecule has 4 rings (SSSR count). The Bertz CT molecular complexity index is 982. The molecule has 166 valence electrons. The number of hydrogen-bond donors (Lipinski definition) is 1. The van der Waals surface area contributed by atoms with Crippen LogP contribution < -0.4 is 19.3 Å². The van der Waals surface area contributed by atoms with Crippen molar-refractivity contribution in [3.8, 4) is 11.5 Å². The molecule has 10 nitrogen and oxygen atoms in total. The quantitative estimate of drug-likeness (QED) is 0.530. The van der Waals surface area contributed by atoms with Gasteiger partial charge in [0.05, 0.1) is 38.4 Å². The first-order chi connectivity index (χ1) is 15.3. The van der Waals surface area contributed by atoms with E-state index in [0.29, 0.717) is 27.9 Å². The lowest BCUT2D eigenvalue weighted by Crippen LogP contribution is -2.49. The van der Waals surface area contributed by atoms with Crippen molar-refractivity contribution in [2.24, 2.45) is 0 Å². The van der Waals surface area contributed by atoms with Crippen LogP contribution in [0.3, 0.4) is 0 Å². The van der Waals surface area contributed by atoms with Gasteiger partial charge < -0.3 is 14.7 Å². The van der Waals surface area contributed by atoms with E-state index >= 15 is 0 Å². The van der Waals surface area contributed by atoms with Crippen LogP contribution in [0.4, 0.5) is 11.4 Å². The van der Waals surface area contributed by atoms with E-state index in [-0.39, 0.29) is 12.8 Å². The third-order valence-electron chi connectivity index (χ3n) is 5.55. The van der Waals surface area contributed by atoms with Crippen LogP contribution in [0.25, 0.3) is 0 Å². The number of ether oxygens (including phenoxy) is 2. The smallest absolute Gasteiger partial charge is 0.254 e. The average Bonchev–Trinajstić information content (AvgIpc) is 3.27. The summed E-state index contributed by atoms with van der Waals surface area (Å²) < 4.78 is 10.2.